The minimum absolute atomic E-state index is 0.0249. The van der Waals surface area contributed by atoms with E-state index in [9.17, 15) is 13.9 Å². The Morgan fingerprint density at radius 2 is 2.03 bits per heavy atom. The predicted octanol–water partition coefficient (Wildman–Crippen LogP) is 3.19. The van der Waals surface area contributed by atoms with Crippen LogP contribution in [0.5, 0.6) is 0 Å². The molecule has 0 spiro atoms. The van der Waals surface area contributed by atoms with Gasteiger partial charge < -0.3 is 9.84 Å². The van der Waals surface area contributed by atoms with Gasteiger partial charge in [-0.3, -0.25) is 0 Å². The zero-order valence-corrected chi connectivity index (χ0v) is 18.3. The minimum Gasteiger partial charge on any atom is -0.380 e. The summed E-state index contributed by atoms with van der Waals surface area (Å²) in [5.41, 5.74) is 0.626. The van der Waals surface area contributed by atoms with E-state index in [-0.39, 0.29) is 18.7 Å². The van der Waals surface area contributed by atoms with Crippen molar-refractivity contribution >= 4 is 0 Å². The van der Waals surface area contributed by atoms with Crippen molar-refractivity contribution in [1.29, 1.82) is 0 Å². The summed E-state index contributed by atoms with van der Waals surface area (Å²) in [4.78, 5) is 3.86. The Bertz CT molecular complexity index is 1210. The molecular formula is C23H24F2N6O2. The van der Waals surface area contributed by atoms with Gasteiger partial charge in [0.05, 0.1) is 31.1 Å². The zero-order valence-electron chi connectivity index (χ0n) is 18.3. The van der Waals surface area contributed by atoms with E-state index in [0.717, 1.165) is 24.2 Å². The van der Waals surface area contributed by atoms with Gasteiger partial charge in [0.15, 0.2) is 0 Å². The van der Waals surface area contributed by atoms with E-state index in [1.54, 1.807) is 17.8 Å². The standard InChI is InChI=1S/C23H24F2N6O2/c1-3-17-5-4-6-20(9-17)31-11-19(28-29-31)12-33-16(2)23(32,13-30-15-26-14-27-30)21-8-7-18(24)10-22(21)25/h4-11,14-16,32H,3,12-13H2,1-2H3/t16-,23-/m1/s1. The number of ether oxygens (including phenoxy) is 1. The number of benzene rings is 2. The number of nitrogens with zero attached hydrogens (tertiary/aromatic N) is 6. The van der Waals surface area contributed by atoms with E-state index in [1.165, 1.54) is 29.0 Å². The lowest BCUT2D eigenvalue weighted by atomic mass is 9.88. The van der Waals surface area contributed by atoms with Crippen LogP contribution in [-0.4, -0.2) is 41.0 Å². The van der Waals surface area contributed by atoms with Crippen molar-refractivity contribution in [2.75, 3.05) is 0 Å². The van der Waals surface area contributed by atoms with Crippen molar-refractivity contribution in [3.8, 4) is 5.69 Å². The van der Waals surface area contributed by atoms with E-state index < -0.39 is 23.3 Å². The molecule has 8 nitrogen and oxygen atoms in total. The lowest BCUT2D eigenvalue weighted by molar-refractivity contribution is -0.124. The van der Waals surface area contributed by atoms with Crippen LogP contribution in [0.1, 0.15) is 30.7 Å². The van der Waals surface area contributed by atoms with Gasteiger partial charge in [-0.15, -0.1) is 5.10 Å². The third-order valence-electron chi connectivity index (χ3n) is 5.55. The summed E-state index contributed by atoms with van der Waals surface area (Å²) < 4.78 is 37.0. The molecule has 0 aliphatic heterocycles. The van der Waals surface area contributed by atoms with Crippen molar-refractivity contribution < 1.29 is 18.6 Å². The molecule has 0 saturated carbocycles. The van der Waals surface area contributed by atoms with Gasteiger partial charge in [0.1, 0.15) is 35.6 Å². The Balaban J connectivity index is 1.54. The molecule has 10 heteroatoms. The minimum atomic E-state index is -1.85. The van der Waals surface area contributed by atoms with Gasteiger partial charge in [0.25, 0.3) is 0 Å². The van der Waals surface area contributed by atoms with Crippen molar-refractivity contribution in [3.05, 3.63) is 89.8 Å². The number of aliphatic hydroxyl groups is 1. The number of rotatable bonds is 9. The van der Waals surface area contributed by atoms with Gasteiger partial charge in [0, 0.05) is 11.6 Å². The SMILES string of the molecule is CCc1cccc(-n2cc(CO[C@H](C)[C@](O)(Cn3cncn3)c3ccc(F)cc3F)nn2)c1. The zero-order chi connectivity index (χ0) is 23.4. The van der Waals surface area contributed by atoms with Gasteiger partial charge in [-0.05, 0) is 37.1 Å². The Kier molecular flexibility index (Phi) is 6.57. The molecule has 4 aromatic rings. The second kappa shape index (κ2) is 9.55. The second-order valence-electron chi connectivity index (χ2n) is 7.77. The molecule has 4 rings (SSSR count). The first-order chi connectivity index (χ1) is 15.9. The normalized spacial score (nSPS) is 14.2. The average Bonchev–Trinajstić information content (AvgIpc) is 3.49. The van der Waals surface area contributed by atoms with E-state index in [1.807, 2.05) is 24.3 Å². The summed E-state index contributed by atoms with van der Waals surface area (Å²) in [6.07, 6.45) is 4.43. The van der Waals surface area contributed by atoms with E-state index in [2.05, 4.69) is 27.3 Å². The van der Waals surface area contributed by atoms with Crippen molar-refractivity contribution in [1.82, 2.24) is 29.8 Å². The molecule has 2 atom stereocenters. The summed E-state index contributed by atoms with van der Waals surface area (Å²) in [6.45, 7) is 3.56. The highest BCUT2D eigenvalue weighted by molar-refractivity contribution is 5.35. The Morgan fingerprint density at radius 3 is 2.76 bits per heavy atom. The quantitative estimate of drug-likeness (QED) is 0.418. The number of aromatic nitrogens is 6. The van der Waals surface area contributed by atoms with Crippen molar-refractivity contribution in [3.63, 3.8) is 0 Å². The molecule has 172 valence electrons. The summed E-state index contributed by atoms with van der Waals surface area (Å²) in [5.74, 6) is -1.62. The highest BCUT2D eigenvalue weighted by atomic mass is 19.1. The lowest BCUT2D eigenvalue weighted by Gasteiger charge is -2.34. The van der Waals surface area contributed by atoms with Crippen LogP contribution in [0.15, 0.2) is 61.3 Å². The molecule has 0 aliphatic carbocycles. The molecule has 2 aromatic heterocycles. The van der Waals surface area contributed by atoms with E-state index in [4.69, 9.17) is 4.74 Å². The molecule has 33 heavy (non-hydrogen) atoms. The van der Waals surface area contributed by atoms with Crippen LogP contribution in [-0.2, 0) is 29.9 Å². The Morgan fingerprint density at radius 1 is 1.18 bits per heavy atom. The third kappa shape index (κ3) is 4.96. The molecule has 0 aliphatic rings. The number of aryl methyl sites for hydroxylation is 1. The van der Waals surface area contributed by atoms with Crippen LogP contribution in [0.3, 0.4) is 0 Å². The monoisotopic (exact) mass is 454 g/mol. The van der Waals surface area contributed by atoms with Gasteiger partial charge in [-0.1, -0.05) is 30.3 Å². The maximum absolute atomic E-state index is 14.6. The number of hydrogen-bond donors (Lipinski definition) is 1. The fourth-order valence-corrected chi connectivity index (χ4v) is 3.59. The number of hydrogen-bond acceptors (Lipinski definition) is 6. The predicted molar refractivity (Wildman–Crippen MR) is 115 cm³/mol. The van der Waals surface area contributed by atoms with Gasteiger partial charge in [-0.2, -0.15) is 5.10 Å². The molecule has 0 saturated heterocycles. The van der Waals surface area contributed by atoms with Gasteiger partial charge >= 0.3 is 0 Å². The van der Waals surface area contributed by atoms with E-state index >= 15 is 0 Å². The maximum atomic E-state index is 14.6. The van der Waals surface area contributed by atoms with Crippen molar-refractivity contribution in [2.45, 2.75) is 45.1 Å². The molecule has 0 bridgehead atoms. The molecule has 0 amide bonds. The largest absolute Gasteiger partial charge is 0.380 e. The maximum Gasteiger partial charge on any atom is 0.138 e. The second-order valence-corrected chi connectivity index (χ2v) is 7.77. The smallest absolute Gasteiger partial charge is 0.138 e. The third-order valence-corrected chi connectivity index (χ3v) is 5.55. The van der Waals surface area contributed by atoms with Gasteiger partial charge in [-0.25, -0.2) is 23.1 Å². The fraction of sp³-hybridized carbons (Fsp3) is 0.304. The number of halogens is 2. The molecule has 2 aromatic carbocycles. The van der Waals surface area contributed by atoms with Crippen LogP contribution >= 0.6 is 0 Å². The first-order valence-corrected chi connectivity index (χ1v) is 10.5. The first kappa shape index (κ1) is 22.7. The molecule has 0 fully saturated rings. The van der Waals surface area contributed by atoms with Crippen LogP contribution in [0.25, 0.3) is 5.69 Å². The van der Waals surface area contributed by atoms with Crippen LogP contribution in [0, 0.1) is 11.6 Å². The highest BCUT2D eigenvalue weighted by Crippen LogP contribution is 2.32. The fourth-order valence-electron chi connectivity index (χ4n) is 3.59. The highest BCUT2D eigenvalue weighted by Gasteiger charge is 2.40. The summed E-state index contributed by atoms with van der Waals surface area (Å²) >= 11 is 0. The van der Waals surface area contributed by atoms with Crippen LogP contribution < -0.4 is 0 Å². The molecule has 0 unspecified atom stereocenters. The topological polar surface area (TPSA) is 90.9 Å². The van der Waals surface area contributed by atoms with Gasteiger partial charge in [0.2, 0.25) is 0 Å². The summed E-state index contributed by atoms with van der Waals surface area (Å²) in [5, 5.41) is 23.8. The molecule has 2 heterocycles. The molecule has 1 N–H and O–H groups in total. The van der Waals surface area contributed by atoms with E-state index in [0.29, 0.717) is 5.69 Å². The lowest BCUT2D eigenvalue weighted by Crippen LogP contribution is -2.44. The average molecular weight is 454 g/mol. The van der Waals surface area contributed by atoms with Crippen LogP contribution in [0.2, 0.25) is 0 Å². The summed E-state index contributed by atoms with van der Waals surface area (Å²) in [7, 11) is 0. The summed E-state index contributed by atoms with van der Waals surface area (Å²) in [6, 6.07) is 11.0. The Labute approximate surface area is 189 Å². The molecular weight excluding hydrogens is 430 g/mol. The molecule has 0 radical (unpaired) electrons. The van der Waals surface area contributed by atoms with Crippen molar-refractivity contribution in [2.24, 2.45) is 0 Å². The first-order valence-electron chi connectivity index (χ1n) is 10.5. The van der Waals surface area contributed by atoms with Crippen LogP contribution in [0.4, 0.5) is 8.78 Å². The Hall–Kier alpha value is -3.50.